The topological polar surface area (TPSA) is 80.6 Å². The molecule has 1 aromatic carbocycles. The molecule has 26 heavy (non-hydrogen) atoms. The molecule has 140 valence electrons. The monoisotopic (exact) mass is 358 g/mol. The molecule has 0 aliphatic carbocycles. The molecule has 1 aromatic heterocycles. The minimum atomic E-state index is -0.533. The van der Waals surface area contributed by atoms with Crippen LogP contribution >= 0.6 is 0 Å². The minimum absolute atomic E-state index is 0.0892. The summed E-state index contributed by atoms with van der Waals surface area (Å²) < 4.78 is 10.9. The summed E-state index contributed by atoms with van der Waals surface area (Å²) in [7, 11) is 0. The summed E-state index contributed by atoms with van der Waals surface area (Å²) in [6, 6.07) is 13.6. The molecule has 0 bridgehead atoms. The lowest BCUT2D eigenvalue weighted by molar-refractivity contribution is -0.121. The first-order valence-electron chi connectivity index (χ1n) is 8.71. The van der Waals surface area contributed by atoms with Crippen molar-refractivity contribution in [2.24, 2.45) is 0 Å². The first kappa shape index (κ1) is 19.6. The highest BCUT2D eigenvalue weighted by Crippen LogP contribution is 2.22. The molecule has 1 heterocycles. The van der Waals surface area contributed by atoms with E-state index >= 15 is 0 Å². The van der Waals surface area contributed by atoms with Gasteiger partial charge in [-0.3, -0.25) is 4.79 Å². The number of nitrogens with one attached hydrogen (secondary N) is 2. The van der Waals surface area contributed by atoms with Crippen molar-refractivity contribution in [3.63, 3.8) is 0 Å². The van der Waals surface area contributed by atoms with Crippen LogP contribution in [0.2, 0.25) is 0 Å². The number of hydrogen-bond donors (Lipinski definition) is 2. The van der Waals surface area contributed by atoms with E-state index in [1.54, 1.807) is 20.8 Å². The molecular weight excluding hydrogens is 332 g/mol. The molecule has 2 N–H and O–H groups in total. The Morgan fingerprint density at radius 3 is 2.38 bits per heavy atom. The van der Waals surface area contributed by atoms with Gasteiger partial charge in [-0.05, 0) is 32.9 Å². The SMILES string of the molecule is CC(C)(C)OC(=O)NCCNC(=O)CCc1ccc(-c2ccccc2)o1. The van der Waals surface area contributed by atoms with Gasteiger partial charge in [0, 0.05) is 31.5 Å². The number of ether oxygens (including phenoxy) is 1. The molecule has 0 atom stereocenters. The van der Waals surface area contributed by atoms with Crippen molar-refractivity contribution in [1.82, 2.24) is 10.6 Å². The number of rotatable bonds is 7. The number of benzene rings is 1. The summed E-state index contributed by atoms with van der Waals surface area (Å²) >= 11 is 0. The highest BCUT2D eigenvalue weighted by Gasteiger charge is 2.15. The van der Waals surface area contributed by atoms with Crippen LogP contribution in [-0.4, -0.2) is 30.7 Å². The van der Waals surface area contributed by atoms with E-state index < -0.39 is 11.7 Å². The number of aryl methyl sites for hydroxylation is 1. The van der Waals surface area contributed by atoms with Crippen LogP contribution in [0.4, 0.5) is 4.79 Å². The number of furan rings is 1. The lowest BCUT2D eigenvalue weighted by Crippen LogP contribution is -2.37. The van der Waals surface area contributed by atoms with E-state index in [2.05, 4.69) is 10.6 Å². The third kappa shape index (κ3) is 7.01. The molecule has 2 amide bonds. The van der Waals surface area contributed by atoms with Crippen molar-refractivity contribution >= 4 is 12.0 Å². The van der Waals surface area contributed by atoms with E-state index in [1.807, 2.05) is 42.5 Å². The summed E-state index contributed by atoms with van der Waals surface area (Å²) in [5.41, 5.74) is 0.478. The molecule has 2 rings (SSSR count). The number of alkyl carbamates (subject to hydrolysis) is 1. The van der Waals surface area contributed by atoms with Crippen LogP contribution in [0.3, 0.4) is 0 Å². The zero-order valence-corrected chi connectivity index (χ0v) is 15.5. The molecule has 6 nitrogen and oxygen atoms in total. The molecule has 0 fully saturated rings. The van der Waals surface area contributed by atoms with Crippen LogP contribution in [0.15, 0.2) is 46.9 Å². The summed E-state index contributed by atoms with van der Waals surface area (Å²) in [5.74, 6) is 1.47. The zero-order valence-electron chi connectivity index (χ0n) is 15.5. The van der Waals surface area contributed by atoms with Crippen LogP contribution in [-0.2, 0) is 16.0 Å². The molecule has 6 heteroatoms. The van der Waals surface area contributed by atoms with E-state index in [0.29, 0.717) is 25.9 Å². The van der Waals surface area contributed by atoms with Gasteiger partial charge in [-0.1, -0.05) is 30.3 Å². The predicted molar refractivity (Wildman–Crippen MR) is 99.7 cm³/mol. The molecular formula is C20H26N2O4. The summed E-state index contributed by atoms with van der Waals surface area (Å²) in [6.07, 6.45) is 0.363. The molecule has 0 aliphatic rings. The minimum Gasteiger partial charge on any atom is -0.461 e. The van der Waals surface area contributed by atoms with Crippen molar-refractivity contribution in [2.45, 2.75) is 39.2 Å². The van der Waals surface area contributed by atoms with Gasteiger partial charge >= 0.3 is 6.09 Å². The van der Waals surface area contributed by atoms with Crippen molar-refractivity contribution in [2.75, 3.05) is 13.1 Å². The Morgan fingerprint density at radius 2 is 1.69 bits per heavy atom. The van der Waals surface area contributed by atoms with Gasteiger partial charge in [0.05, 0.1) is 0 Å². The Balaban J connectivity index is 1.65. The van der Waals surface area contributed by atoms with Gasteiger partial charge in [0.1, 0.15) is 17.1 Å². The predicted octanol–water partition coefficient (Wildman–Crippen LogP) is 3.52. The van der Waals surface area contributed by atoms with Crippen molar-refractivity contribution < 1.29 is 18.7 Å². The van der Waals surface area contributed by atoms with Crippen LogP contribution in [0.5, 0.6) is 0 Å². The first-order chi connectivity index (χ1) is 12.3. The number of carbonyl (C=O) groups excluding carboxylic acids is 2. The molecule has 0 saturated carbocycles. The lowest BCUT2D eigenvalue weighted by Gasteiger charge is -2.19. The van der Waals surface area contributed by atoms with Crippen LogP contribution in [0, 0.1) is 0 Å². The fourth-order valence-corrected chi connectivity index (χ4v) is 2.28. The van der Waals surface area contributed by atoms with E-state index in [0.717, 1.165) is 17.1 Å². The average molecular weight is 358 g/mol. The summed E-state index contributed by atoms with van der Waals surface area (Å²) in [4.78, 5) is 23.3. The quantitative estimate of drug-likeness (QED) is 0.742. The first-order valence-corrected chi connectivity index (χ1v) is 8.71. The lowest BCUT2D eigenvalue weighted by atomic mass is 10.2. The highest BCUT2D eigenvalue weighted by molar-refractivity contribution is 5.76. The maximum atomic E-state index is 11.9. The van der Waals surface area contributed by atoms with Crippen LogP contribution in [0.1, 0.15) is 33.0 Å². The second-order valence-corrected chi connectivity index (χ2v) is 6.91. The van der Waals surface area contributed by atoms with Gasteiger partial charge in [-0.25, -0.2) is 4.79 Å². The van der Waals surface area contributed by atoms with Gasteiger partial charge in [0.2, 0.25) is 5.91 Å². The second-order valence-electron chi connectivity index (χ2n) is 6.91. The third-order valence-electron chi connectivity index (χ3n) is 3.43. The Bertz CT molecular complexity index is 717. The van der Waals surface area contributed by atoms with E-state index in [1.165, 1.54) is 0 Å². The molecule has 2 aromatic rings. The van der Waals surface area contributed by atoms with Crippen molar-refractivity contribution in [3.05, 3.63) is 48.2 Å². The molecule has 0 aliphatic heterocycles. The Hall–Kier alpha value is -2.76. The van der Waals surface area contributed by atoms with Crippen LogP contribution < -0.4 is 10.6 Å². The van der Waals surface area contributed by atoms with Crippen molar-refractivity contribution in [1.29, 1.82) is 0 Å². The average Bonchev–Trinajstić information content (AvgIpc) is 3.05. The number of carbonyl (C=O) groups is 2. The Labute approximate surface area is 153 Å². The summed E-state index contributed by atoms with van der Waals surface area (Å²) in [6.45, 7) is 6.07. The van der Waals surface area contributed by atoms with Gasteiger partial charge in [-0.2, -0.15) is 0 Å². The second kappa shape index (κ2) is 9.08. The standard InChI is InChI=1S/C20H26N2O4/c1-20(2,3)26-19(24)22-14-13-21-18(23)12-10-16-9-11-17(25-16)15-7-5-4-6-8-15/h4-9,11H,10,12-14H2,1-3H3,(H,21,23)(H,22,24). The van der Waals surface area contributed by atoms with E-state index in [9.17, 15) is 9.59 Å². The zero-order chi connectivity index (χ0) is 19.0. The largest absolute Gasteiger partial charge is 0.461 e. The smallest absolute Gasteiger partial charge is 0.407 e. The molecule has 0 saturated heterocycles. The molecule has 0 unspecified atom stereocenters. The summed E-state index contributed by atoms with van der Waals surface area (Å²) in [5, 5.41) is 5.35. The molecule has 0 spiro atoms. The molecule has 0 radical (unpaired) electrons. The number of hydrogen-bond acceptors (Lipinski definition) is 4. The Kier molecular flexibility index (Phi) is 6.83. The van der Waals surface area contributed by atoms with Gasteiger partial charge < -0.3 is 19.8 Å². The van der Waals surface area contributed by atoms with Gasteiger partial charge in [0.25, 0.3) is 0 Å². The number of amides is 2. The fraction of sp³-hybridized carbons (Fsp3) is 0.400. The van der Waals surface area contributed by atoms with Crippen LogP contribution in [0.25, 0.3) is 11.3 Å². The van der Waals surface area contributed by atoms with Gasteiger partial charge in [-0.15, -0.1) is 0 Å². The maximum Gasteiger partial charge on any atom is 0.407 e. The van der Waals surface area contributed by atoms with E-state index in [-0.39, 0.29) is 5.91 Å². The fourth-order valence-electron chi connectivity index (χ4n) is 2.28. The third-order valence-corrected chi connectivity index (χ3v) is 3.43. The highest BCUT2D eigenvalue weighted by atomic mass is 16.6. The Morgan fingerprint density at radius 1 is 1.00 bits per heavy atom. The van der Waals surface area contributed by atoms with E-state index in [4.69, 9.17) is 9.15 Å². The normalized spacial score (nSPS) is 11.0. The van der Waals surface area contributed by atoms with Crippen molar-refractivity contribution in [3.8, 4) is 11.3 Å². The van der Waals surface area contributed by atoms with Gasteiger partial charge in [0.15, 0.2) is 0 Å². The maximum absolute atomic E-state index is 11.9.